The van der Waals surface area contributed by atoms with E-state index < -0.39 is 14.8 Å². The van der Waals surface area contributed by atoms with Crippen molar-refractivity contribution in [2.45, 2.75) is 37.0 Å². The molecule has 0 unspecified atom stereocenters. The molecule has 0 radical (unpaired) electrons. The molecule has 6 nitrogen and oxygen atoms in total. The Kier molecular flexibility index (Phi) is 3.63. The average molecular weight is 324 g/mol. The second-order valence-corrected chi connectivity index (χ2v) is 8.54. The van der Waals surface area contributed by atoms with Crippen LogP contribution < -0.4 is 4.90 Å². The minimum absolute atomic E-state index is 0.192. The number of anilines is 1. The summed E-state index contributed by atoms with van der Waals surface area (Å²) in [6, 6.07) is 4.44. The molecule has 0 atom stereocenters. The van der Waals surface area contributed by atoms with Crippen LogP contribution in [0.1, 0.15) is 32.1 Å². The first-order valence-corrected chi connectivity index (χ1v) is 9.43. The molecule has 1 saturated heterocycles. The van der Waals surface area contributed by atoms with Crippen molar-refractivity contribution in [1.82, 2.24) is 0 Å². The van der Waals surface area contributed by atoms with E-state index >= 15 is 0 Å². The van der Waals surface area contributed by atoms with Crippen LogP contribution in [0.15, 0.2) is 23.1 Å². The number of nitro benzene ring substituents is 1. The van der Waals surface area contributed by atoms with Crippen molar-refractivity contribution >= 4 is 21.2 Å². The predicted octanol–water partition coefficient (Wildman–Crippen LogP) is 2.77. The van der Waals surface area contributed by atoms with Crippen molar-refractivity contribution in [3.05, 3.63) is 28.3 Å². The van der Waals surface area contributed by atoms with Crippen LogP contribution in [0.5, 0.6) is 0 Å². The average Bonchev–Trinajstić information content (AvgIpc) is 3.08. The molecule has 0 N–H and O–H groups in total. The molecule has 3 rings (SSSR count). The van der Waals surface area contributed by atoms with Crippen molar-refractivity contribution in [3.63, 3.8) is 0 Å². The van der Waals surface area contributed by atoms with Crippen molar-refractivity contribution in [2.75, 3.05) is 24.2 Å². The summed E-state index contributed by atoms with van der Waals surface area (Å²) in [7, 11) is -3.63. The lowest BCUT2D eigenvalue weighted by atomic mass is 9.86. The van der Waals surface area contributed by atoms with Crippen LogP contribution in [0.4, 0.5) is 11.4 Å². The summed E-state index contributed by atoms with van der Waals surface area (Å²) in [5, 5.41) is 11.0. The van der Waals surface area contributed by atoms with Crippen molar-refractivity contribution in [2.24, 2.45) is 5.41 Å². The molecule has 1 aliphatic heterocycles. The fourth-order valence-electron chi connectivity index (χ4n) is 3.84. The van der Waals surface area contributed by atoms with E-state index in [4.69, 9.17) is 0 Å². The Bertz CT molecular complexity index is 708. The maximum absolute atomic E-state index is 11.9. The maximum atomic E-state index is 11.9. The van der Waals surface area contributed by atoms with Gasteiger partial charge in [-0.2, -0.15) is 0 Å². The minimum Gasteiger partial charge on any atom is -0.371 e. The number of hydrogen-bond acceptors (Lipinski definition) is 5. The first kappa shape index (κ1) is 15.3. The van der Waals surface area contributed by atoms with Gasteiger partial charge in [-0.3, -0.25) is 10.1 Å². The number of nitro groups is 1. The molecule has 7 heteroatoms. The molecular weight excluding hydrogens is 304 g/mol. The van der Waals surface area contributed by atoms with Crippen LogP contribution in [0.25, 0.3) is 0 Å². The summed E-state index contributed by atoms with van der Waals surface area (Å²) in [6.45, 7) is 1.81. The Labute approximate surface area is 130 Å². The third kappa shape index (κ3) is 2.69. The van der Waals surface area contributed by atoms with Gasteiger partial charge in [0, 0.05) is 31.1 Å². The van der Waals surface area contributed by atoms with Gasteiger partial charge in [-0.1, -0.05) is 12.8 Å². The Morgan fingerprint density at radius 1 is 1.23 bits per heavy atom. The van der Waals surface area contributed by atoms with Gasteiger partial charge in [-0.25, -0.2) is 8.42 Å². The Hall–Kier alpha value is -1.63. The lowest BCUT2D eigenvalue weighted by Crippen LogP contribution is -2.25. The molecule has 0 bridgehead atoms. The van der Waals surface area contributed by atoms with Crippen LogP contribution in [-0.4, -0.2) is 32.7 Å². The highest BCUT2D eigenvalue weighted by Crippen LogP contribution is 2.46. The van der Waals surface area contributed by atoms with Crippen LogP contribution in [0.2, 0.25) is 0 Å². The summed E-state index contributed by atoms with van der Waals surface area (Å²) in [6.07, 6.45) is 7.13. The van der Waals surface area contributed by atoms with Gasteiger partial charge in [0.05, 0.1) is 4.92 Å². The molecule has 1 heterocycles. The molecule has 22 heavy (non-hydrogen) atoms. The van der Waals surface area contributed by atoms with Gasteiger partial charge in [0.15, 0.2) is 9.84 Å². The SMILES string of the molecule is CS(=O)(=O)c1cc(N2CCC3(CCCC3)C2)ccc1[N+](=O)[O-]. The summed E-state index contributed by atoms with van der Waals surface area (Å²) in [4.78, 5) is 12.4. The number of benzene rings is 1. The van der Waals surface area contributed by atoms with Crippen LogP contribution in [0.3, 0.4) is 0 Å². The van der Waals surface area contributed by atoms with Crippen LogP contribution >= 0.6 is 0 Å². The molecule has 2 fully saturated rings. The zero-order chi connectivity index (χ0) is 16.0. The first-order chi connectivity index (χ1) is 10.3. The minimum atomic E-state index is -3.63. The first-order valence-electron chi connectivity index (χ1n) is 7.54. The second kappa shape index (κ2) is 5.22. The van der Waals surface area contributed by atoms with E-state index in [1.54, 1.807) is 6.07 Å². The predicted molar refractivity (Wildman–Crippen MR) is 83.9 cm³/mol. The zero-order valence-electron chi connectivity index (χ0n) is 12.6. The Morgan fingerprint density at radius 3 is 2.50 bits per heavy atom. The number of nitrogens with zero attached hydrogens (tertiary/aromatic N) is 2. The molecule has 1 spiro atoms. The molecular formula is C15H20N2O4S. The molecule has 1 aliphatic carbocycles. The molecule has 1 aromatic rings. The van der Waals surface area contributed by atoms with E-state index in [0.717, 1.165) is 31.5 Å². The standard InChI is InChI=1S/C15H20N2O4S/c1-22(20,21)14-10-12(4-5-13(14)17(18)19)16-9-8-15(11-16)6-2-3-7-15/h4-5,10H,2-3,6-9,11H2,1H3. The van der Waals surface area contributed by atoms with E-state index in [1.807, 2.05) is 0 Å². The van der Waals surface area contributed by atoms with Gasteiger partial charge in [0.2, 0.25) is 0 Å². The fourth-order valence-corrected chi connectivity index (χ4v) is 4.69. The highest BCUT2D eigenvalue weighted by molar-refractivity contribution is 7.90. The topological polar surface area (TPSA) is 80.5 Å². The third-order valence-electron chi connectivity index (χ3n) is 5.01. The molecule has 120 valence electrons. The van der Waals surface area contributed by atoms with Gasteiger partial charge in [-0.15, -0.1) is 0 Å². The number of rotatable bonds is 3. The van der Waals surface area contributed by atoms with Crippen LogP contribution in [0, 0.1) is 15.5 Å². The van der Waals surface area contributed by atoms with E-state index in [2.05, 4.69) is 4.90 Å². The highest BCUT2D eigenvalue weighted by Gasteiger charge is 2.40. The Balaban J connectivity index is 1.94. The van der Waals surface area contributed by atoms with Gasteiger partial charge in [0.1, 0.15) is 4.90 Å². The van der Waals surface area contributed by atoms with E-state index in [0.29, 0.717) is 5.41 Å². The van der Waals surface area contributed by atoms with Crippen molar-refractivity contribution in [3.8, 4) is 0 Å². The molecule has 0 amide bonds. The smallest absolute Gasteiger partial charge is 0.288 e. The summed E-state index contributed by atoms with van der Waals surface area (Å²) in [5.41, 5.74) is 0.795. The van der Waals surface area contributed by atoms with Gasteiger partial charge in [-0.05, 0) is 36.8 Å². The quantitative estimate of drug-likeness (QED) is 0.631. The lowest BCUT2D eigenvalue weighted by molar-refractivity contribution is -0.387. The number of sulfone groups is 1. The largest absolute Gasteiger partial charge is 0.371 e. The fraction of sp³-hybridized carbons (Fsp3) is 0.600. The van der Waals surface area contributed by atoms with E-state index in [1.165, 1.54) is 37.8 Å². The van der Waals surface area contributed by atoms with E-state index in [9.17, 15) is 18.5 Å². The van der Waals surface area contributed by atoms with Gasteiger partial charge in [0.25, 0.3) is 5.69 Å². The molecule has 1 saturated carbocycles. The van der Waals surface area contributed by atoms with E-state index in [-0.39, 0.29) is 10.6 Å². The van der Waals surface area contributed by atoms with Crippen molar-refractivity contribution < 1.29 is 13.3 Å². The maximum Gasteiger partial charge on any atom is 0.288 e. The van der Waals surface area contributed by atoms with Gasteiger partial charge < -0.3 is 4.90 Å². The molecule has 0 aromatic heterocycles. The number of hydrogen-bond donors (Lipinski definition) is 0. The lowest BCUT2D eigenvalue weighted by Gasteiger charge is -2.24. The van der Waals surface area contributed by atoms with Crippen molar-refractivity contribution in [1.29, 1.82) is 0 Å². The summed E-state index contributed by atoms with van der Waals surface area (Å²) >= 11 is 0. The third-order valence-corrected chi connectivity index (χ3v) is 6.13. The van der Waals surface area contributed by atoms with Crippen LogP contribution in [-0.2, 0) is 9.84 Å². The van der Waals surface area contributed by atoms with Gasteiger partial charge >= 0.3 is 0 Å². The normalized spacial score (nSPS) is 20.7. The summed E-state index contributed by atoms with van der Waals surface area (Å²) < 4.78 is 23.7. The monoisotopic (exact) mass is 324 g/mol. The molecule has 2 aliphatic rings. The second-order valence-electron chi connectivity index (χ2n) is 6.56. The molecule has 1 aromatic carbocycles. The Morgan fingerprint density at radius 2 is 1.91 bits per heavy atom. The highest BCUT2D eigenvalue weighted by atomic mass is 32.2. The summed E-state index contributed by atoms with van der Waals surface area (Å²) in [5.74, 6) is 0. The zero-order valence-corrected chi connectivity index (χ0v) is 13.4.